The molecule has 0 saturated heterocycles. The number of carbonyl (C=O) groups is 1. The molecule has 1 aliphatic carbocycles. The first-order valence-electron chi connectivity index (χ1n) is 8.46. The molecule has 0 unspecified atom stereocenters. The molecule has 0 spiro atoms. The van der Waals surface area contributed by atoms with E-state index >= 15 is 0 Å². The first-order valence-corrected chi connectivity index (χ1v) is 8.46. The van der Waals surface area contributed by atoms with Crippen molar-refractivity contribution in [3.63, 3.8) is 0 Å². The summed E-state index contributed by atoms with van der Waals surface area (Å²) in [6, 6.07) is 11.9. The molecule has 1 aliphatic rings. The van der Waals surface area contributed by atoms with Crippen LogP contribution in [0, 0.1) is 0 Å². The second-order valence-corrected chi connectivity index (χ2v) is 6.07. The summed E-state index contributed by atoms with van der Waals surface area (Å²) in [5, 5.41) is 8.42. The number of aryl methyl sites for hydroxylation is 1. The molecule has 128 valence electrons. The van der Waals surface area contributed by atoms with Gasteiger partial charge in [0.2, 0.25) is 0 Å². The van der Waals surface area contributed by atoms with Gasteiger partial charge >= 0.3 is 0 Å². The lowest BCUT2D eigenvalue weighted by Crippen LogP contribution is -2.08. The molecule has 2 aromatic carbocycles. The Morgan fingerprint density at radius 1 is 1.08 bits per heavy atom. The van der Waals surface area contributed by atoms with Crippen LogP contribution in [0.4, 0.5) is 0 Å². The van der Waals surface area contributed by atoms with Crippen LogP contribution in [0.25, 0.3) is 11.0 Å². The molecule has 0 amide bonds. The molecule has 3 aromatic rings. The molecule has 0 radical (unpaired) electrons. The van der Waals surface area contributed by atoms with E-state index in [2.05, 4.69) is 10.2 Å². The summed E-state index contributed by atoms with van der Waals surface area (Å²) in [5.74, 6) is 0.835. The Morgan fingerprint density at radius 3 is 2.76 bits per heavy atom. The average molecular weight is 337 g/mol. The summed E-state index contributed by atoms with van der Waals surface area (Å²) < 4.78 is 11.6. The van der Waals surface area contributed by atoms with Gasteiger partial charge in [-0.05, 0) is 36.0 Å². The van der Waals surface area contributed by atoms with Crippen molar-refractivity contribution < 1.29 is 14.3 Å². The van der Waals surface area contributed by atoms with E-state index in [1.54, 1.807) is 0 Å². The number of hydrogen-bond acceptors (Lipinski definition) is 5. The van der Waals surface area contributed by atoms with Gasteiger partial charge in [0, 0.05) is 6.07 Å². The minimum absolute atomic E-state index is 0.479. The Kier molecular flexibility index (Phi) is 4.43. The highest BCUT2D eigenvalue weighted by Gasteiger charge is 2.22. The minimum atomic E-state index is 0.479. The van der Waals surface area contributed by atoms with Gasteiger partial charge < -0.3 is 9.47 Å². The smallest absolute Gasteiger partial charge is 0.252 e. The van der Waals surface area contributed by atoms with Crippen LogP contribution in [0.2, 0.25) is 0 Å². The summed E-state index contributed by atoms with van der Waals surface area (Å²) in [6.45, 7) is 1.57. The number of carbonyl (C=O) groups excluding carboxylic acids is 1. The number of rotatable bonds is 7. The fourth-order valence-electron chi connectivity index (χ4n) is 3.28. The molecular formula is C19H19N3O3. The van der Waals surface area contributed by atoms with Gasteiger partial charge in [-0.25, -0.2) is 0 Å². The zero-order valence-electron chi connectivity index (χ0n) is 13.9. The normalized spacial score (nSPS) is 13.1. The molecule has 0 bridgehead atoms. The number of hydrogen-bond donors (Lipinski definition) is 0. The van der Waals surface area contributed by atoms with Gasteiger partial charge in [-0.2, -0.15) is 0 Å². The SMILES string of the molecule is O=Cn1nc2cc(OCCOCc3ccccc3)c3c(c2n1)CCC3. The molecule has 0 N–H and O–H groups in total. The van der Waals surface area contributed by atoms with Crippen LogP contribution in [0.3, 0.4) is 0 Å². The van der Waals surface area contributed by atoms with Crippen LogP contribution in [-0.4, -0.2) is 34.6 Å². The summed E-state index contributed by atoms with van der Waals surface area (Å²) >= 11 is 0. The lowest BCUT2D eigenvalue weighted by atomic mass is 10.1. The summed E-state index contributed by atoms with van der Waals surface area (Å²) in [4.78, 5) is 12.0. The van der Waals surface area contributed by atoms with E-state index in [0.29, 0.717) is 31.7 Å². The van der Waals surface area contributed by atoms with Gasteiger partial charge in [0.15, 0.2) is 0 Å². The molecule has 6 nitrogen and oxygen atoms in total. The predicted octanol–water partition coefficient (Wildman–Crippen LogP) is 2.55. The second kappa shape index (κ2) is 7.03. The minimum Gasteiger partial charge on any atom is -0.491 e. The monoisotopic (exact) mass is 337 g/mol. The topological polar surface area (TPSA) is 66.2 Å². The van der Waals surface area contributed by atoms with E-state index in [0.717, 1.165) is 46.5 Å². The maximum Gasteiger partial charge on any atom is 0.252 e. The highest BCUT2D eigenvalue weighted by Crippen LogP contribution is 2.35. The summed E-state index contributed by atoms with van der Waals surface area (Å²) in [7, 11) is 0. The van der Waals surface area contributed by atoms with Crippen molar-refractivity contribution in [2.24, 2.45) is 0 Å². The van der Waals surface area contributed by atoms with E-state index in [1.807, 2.05) is 36.4 Å². The van der Waals surface area contributed by atoms with Gasteiger partial charge in [0.25, 0.3) is 6.41 Å². The number of fused-ring (bicyclic) bond motifs is 3. The van der Waals surface area contributed by atoms with Crippen LogP contribution in [0.1, 0.15) is 23.1 Å². The van der Waals surface area contributed by atoms with Gasteiger partial charge in [-0.3, -0.25) is 4.79 Å². The third-order valence-corrected chi connectivity index (χ3v) is 4.42. The quantitative estimate of drug-likeness (QED) is 0.490. The van der Waals surface area contributed by atoms with Crippen LogP contribution >= 0.6 is 0 Å². The Labute approximate surface area is 145 Å². The van der Waals surface area contributed by atoms with Crippen LogP contribution in [0.5, 0.6) is 5.75 Å². The lowest BCUT2D eigenvalue weighted by molar-refractivity contribution is 0.0887. The molecule has 1 heterocycles. The van der Waals surface area contributed by atoms with Crippen molar-refractivity contribution in [1.82, 2.24) is 15.0 Å². The molecule has 4 rings (SSSR count). The third kappa shape index (κ3) is 3.25. The zero-order chi connectivity index (χ0) is 17.1. The lowest BCUT2D eigenvalue weighted by Gasteiger charge is -2.11. The van der Waals surface area contributed by atoms with E-state index in [9.17, 15) is 4.79 Å². The first-order chi connectivity index (χ1) is 12.3. The predicted molar refractivity (Wildman–Crippen MR) is 93.3 cm³/mol. The number of benzene rings is 2. The van der Waals surface area contributed by atoms with Gasteiger partial charge in [-0.15, -0.1) is 15.0 Å². The van der Waals surface area contributed by atoms with Crippen molar-refractivity contribution in [3.8, 4) is 5.75 Å². The maximum absolute atomic E-state index is 10.9. The van der Waals surface area contributed by atoms with Crippen molar-refractivity contribution in [2.75, 3.05) is 13.2 Å². The zero-order valence-corrected chi connectivity index (χ0v) is 13.9. The Balaban J connectivity index is 1.42. The van der Waals surface area contributed by atoms with Crippen LogP contribution in [-0.2, 0) is 29.0 Å². The molecular weight excluding hydrogens is 318 g/mol. The summed E-state index contributed by atoms with van der Waals surface area (Å²) in [6.07, 6.45) is 3.60. The number of ether oxygens (including phenoxy) is 2. The fraction of sp³-hybridized carbons (Fsp3) is 0.316. The van der Waals surface area contributed by atoms with E-state index < -0.39 is 0 Å². The van der Waals surface area contributed by atoms with Gasteiger partial charge in [-0.1, -0.05) is 30.3 Å². The number of aromatic nitrogens is 3. The Hall–Kier alpha value is -2.73. The average Bonchev–Trinajstić information content (AvgIpc) is 3.28. The highest BCUT2D eigenvalue weighted by atomic mass is 16.5. The molecule has 6 heteroatoms. The van der Waals surface area contributed by atoms with E-state index in [4.69, 9.17) is 9.47 Å². The maximum atomic E-state index is 10.9. The highest BCUT2D eigenvalue weighted by molar-refractivity contribution is 5.83. The van der Waals surface area contributed by atoms with Crippen molar-refractivity contribution in [3.05, 3.63) is 53.1 Å². The number of nitrogens with zero attached hydrogens (tertiary/aromatic N) is 3. The summed E-state index contributed by atoms with van der Waals surface area (Å²) in [5.41, 5.74) is 5.01. The van der Waals surface area contributed by atoms with Crippen LogP contribution in [0.15, 0.2) is 36.4 Å². The molecule has 1 aromatic heterocycles. The molecule has 0 fully saturated rings. The van der Waals surface area contributed by atoms with Crippen molar-refractivity contribution in [2.45, 2.75) is 25.9 Å². The van der Waals surface area contributed by atoms with Gasteiger partial charge in [0.1, 0.15) is 23.4 Å². The third-order valence-electron chi connectivity index (χ3n) is 4.42. The molecule has 0 atom stereocenters. The Morgan fingerprint density at radius 2 is 1.92 bits per heavy atom. The van der Waals surface area contributed by atoms with E-state index in [1.165, 1.54) is 5.56 Å². The largest absolute Gasteiger partial charge is 0.491 e. The Bertz CT molecular complexity index is 890. The first kappa shape index (κ1) is 15.8. The standard InChI is InChI=1S/C19H19N3O3/c23-13-22-20-17-11-18(15-7-4-8-16(15)19(17)21-22)25-10-9-24-12-14-5-2-1-3-6-14/h1-3,5-6,11,13H,4,7-10,12H2. The molecule has 0 aliphatic heterocycles. The van der Waals surface area contributed by atoms with Gasteiger partial charge in [0.05, 0.1) is 13.2 Å². The fourth-order valence-corrected chi connectivity index (χ4v) is 3.28. The second-order valence-electron chi connectivity index (χ2n) is 6.07. The van der Waals surface area contributed by atoms with E-state index in [-0.39, 0.29) is 0 Å². The van der Waals surface area contributed by atoms with Crippen molar-refractivity contribution in [1.29, 1.82) is 0 Å². The molecule has 0 saturated carbocycles. The van der Waals surface area contributed by atoms with Crippen LogP contribution < -0.4 is 4.74 Å². The molecule has 25 heavy (non-hydrogen) atoms. The van der Waals surface area contributed by atoms with Crippen molar-refractivity contribution >= 4 is 17.4 Å².